The molecular formula is C34H39NO5. The van der Waals surface area contributed by atoms with Gasteiger partial charge in [-0.25, -0.2) is 4.79 Å². The molecule has 1 aliphatic heterocycles. The number of piperidine rings is 1. The van der Waals surface area contributed by atoms with Gasteiger partial charge in [0.15, 0.2) is 0 Å². The summed E-state index contributed by atoms with van der Waals surface area (Å²) in [7, 11) is 0. The number of carbonyl (C=O) groups is 2. The molecule has 0 spiro atoms. The first kappa shape index (κ1) is 29.1. The lowest BCUT2D eigenvalue weighted by molar-refractivity contribution is -0.136. The van der Waals surface area contributed by atoms with Crippen LogP contribution < -0.4 is 4.74 Å². The summed E-state index contributed by atoms with van der Waals surface area (Å²) in [5.41, 5.74) is 3.37. The predicted octanol–water partition coefficient (Wildman–Crippen LogP) is 6.84. The molecule has 1 atom stereocenters. The van der Waals surface area contributed by atoms with E-state index in [1.807, 2.05) is 59.5 Å². The van der Waals surface area contributed by atoms with Crippen molar-refractivity contribution in [2.75, 3.05) is 19.7 Å². The standard InChI is InChI=1S/C34H39NO5/c1-2-8-27(28-14-16-30(17-15-28)34(37)38)9-6-7-24-39-25-26-12-18-31(19-13-26)40-32-20-22-35(23-21-32)33(36)29-10-4-3-5-11-29/h2,4,6-8,10,12-19,29,32H,1,3,5,9,11,20-25H2,(H,37,38)/b7-6-,27-8+. The van der Waals surface area contributed by atoms with E-state index in [1.165, 1.54) is 0 Å². The van der Waals surface area contributed by atoms with Crippen molar-refractivity contribution in [3.8, 4) is 5.75 Å². The number of aromatic carboxylic acids is 1. The molecule has 0 aromatic heterocycles. The molecule has 1 saturated heterocycles. The number of carboxylic acids is 1. The van der Waals surface area contributed by atoms with Gasteiger partial charge in [0.05, 0.1) is 24.7 Å². The van der Waals surface area contributed by atoms with Crippen molar-refractivity contribution in [1.82, 2.24) is 4.90 Å². The monoisotopic (exact) mass is 541 g/mol. The summed E-state index contributed by atoms with van der Waals surface area (Å²) in [4.78, 5) is 25.8. The largest absolute Gasteiger partial charge is 0.490 e. The number of nitrogens with zero attached hydrogens (tertiary/aromatic N) is 1. The van der Waals surface area contributed by atoms with Crippen LogP contribution in [-0.2, 0) is 16.1 Å². The third-order valence-electron chi connectivity index (χ3n) is 7.36. The first-order chi connectivity index (χ1) is 19.5. The highest BCUT2D eigenvalue weighted by molar-refractivity contribution is 5.88. The molecule has 6 heteroatoms. The molecule has 1 amide bonds. The topological polar surface area (TPSA) is 76.1 Å². The van der Waals surface area contributed by atoms with Crippen molar-refractivity contribution in [1.29, 1.82) is 0 Å². The molecule has 0 saturated carbocycles. The number of amides is 1. The minimum Gasteiger partial charge on any atom is -0.490 e. The van der Waals surface area contributed by atoms with E-state index < -0.39 is 5.97 Å². The van der Waals surface area contributed by atoms with E-state index in [0.717, 1.165) is 67.6 Å². The molecule has 6 nitrogen and oxygen atoms in total. The van der Waals surface area contributed by atoms with Gasteiger partial charge in [-0.2, -0.15) is 0 Å². The number of hydrogen-bond acceptors (Lipinski definition) is 4. The van der Waals surface area contributed by atoms with Crippen molar-refractivity contribution in [3.63, 3.8) is 0 Å². The van der Waals surface area contributed by atoms with Gasteiger partial charge >= 0.3 is 5.97 Å². The normalized spacial score (nSPS) is 18.1. The second-order valence-corrected chi connectivity index (χ2v) is 10.3. The highest BCUT2D eigenvalue weighted by Gasteiger charge is 2.28. The molecule has 1 heterocycles. The average Bonchev–Trinajstić information content (AvgIpc) is 2.99. The fraction of sp³-hybridized carbons (Fsp3) is 0.353. The Bertz CT molecular complexity index is 1220. The van der Waals surface area contributed by atoms with Crippen molar-refractivity contribution in [2.45, 2.75) is 51.2 Å². The Morgan fingerprint density at radius 1 is 0.975 bits per heavy atom. The van der Waals surface area contributed by atoms with Gasteiger partial charge in [0.25, 0.3) is 0 Å². The highest BCUT2D eigenvalue weighted by atomic mass is 16.5. The van der Waals surface area contributed by atoms with E-state index in [0.29, 0.717) is 19.6 Å². The van der Waals surface area contributed by atoms with Crippen molar-refractivity contribution in [2.24, 2.45) is 5.92 Å². The number of ether oxygens (including phenoxy) is 2. The molecule has 2 aromatic carbocycles. The molecular weight excluding hydrogens is 502 g/mol. The number of carbonyl (C=O) groups excluding carboxylic acids is 1. The first-order valence-corrected chi connectivity index (χ1v) is 14.1. The zero-order valence-electron chi connectivity index (χ0n) is 23.0. The van der Waals surface area contributed by atoms with Crippen molar-refractivity contribution >= 4 is 17.4 Å². The summed E-state index contributed by atoms with van der Waals surface area (Å²) in [6, 6.07) is 14.9. The van der Waals surface area contributed by atoms with Gasteiger partial charge in [-0.15, -0.1) is 0 Å². The smallest absolute Gasteiger partial charge is 0.335 e. The number of benzene rings is 2. The molecule has 2 aromatic rings. The lowest BCUT2D eigenvalue weighted by Gasteiger charge is -2.34. The van der Waals surface area contributed by atoms with Gasteiger partial charge in [-0.1, -0.05) is 67.3 Å². The minimum atomic E-state index is -0.933. The summed E-state index contributed by atoms with van der Waals surface area (Å²) in [5, 5.41) is 9.09. The van der Waals surface area contributed by atoms with Crippen LogP contribution in [0.1, 0.15) is 60.0 Å². The second kappa shape index (κ2) is 15.0. The maximum absolute atomic E-state index is 12.7. The van der Waals surface area contributed by atoms with Crippen LogP contribution in [0.3, 0.4) is 0 Å². The van der Waals surface area contributed by atoms with E-state index in [9.17, 15) is 9.59 Å². The Morgan fingerprint density at radius 2 is 1.70 bits per heavy atom. The third-order valence-corrected chi connectivity index (χ3v) is 7.36. The Morgan fingerprint density at radius 3 is 2.35 bits per heavy atom. The van der Waals surface area contributed by atoms with Crippen LogP contribution in [0.25, 0.3) is 5.57 Å². The van der Waals surface area contributed by atoms with Crippen molar-refractivity contribution < 1.29 is 24.2 Å². The summed E-state index contributed by atoms with van der Waals surface area (Å²) >= 11 is 0. The first-order valence-electron chi connectivity index (χ1n) is 14.1. The third kappa shape index (κ3) is 8.55. The Balaban J connectivity index is 1.15. The molecule has 210 valence electrons. The number of likely N-dealkylation sites (tertiary alicyclic amines) is 1. The van der Waals surface area contributed by atoms with Gasteiger partial charge in [0.1, 0.15) is 11.9 Å². The van der Waals surface area contributed by atoms with E-state index in [-0.39, 0.29) is 23.5 Å². The molecule has 0 bridgehead atoms. The van der Waals surface area contributed by atoms with Crippen LogP contribution >= 0.6 is 0 Å². The molecule has 40 heavy (non-hydrogen) atoms. The lowest BCUT2D eigenvalue weighted by Crippen LogP contribution is -2.44. The summed E-state index contributed by atoms with van der Waals surface area (Å²) in [6.45, 7) is 6.30. The fourth-order valence-electron chi connectivity index (χ4n) is 5.08. The molecule has 1 unspecified atom stereocenters. The molecule has 0 radical (unpaired) electrons. The van der Waals surface area contributed by atoms with Gasteiger partial charge in [0.2, 0.25) is 5.91 Å². The molecule has 1 fully saturated rings. The van der Waals surface area contributed by atoms with E-state index in [1.54, 1.807) is 18.2 Å². The van der Waals surface area contributed by atoms with E-state index in [4.69, 9.17) is 14.6 Å². The summed E-state index contributed by atoms with van der Waals surface area (Å²) in [5.74, 6) is 0.251. The van der Waals surface area contributed by atoms with Crippen LogP contribution in [0.5, 0.6) is 5.75 Å². The average molecular weight is 542 g/mol. The molecule has 2 aliphatic rings. The minimum absolute atomic E-state index is 0.0630. The Labute approximate surface area is 237 Å². The zero-order chi connectivity index (χ0) is 28.2. The van der Waals surface area contributed by atoms with Gasteiger partial charge in [-0.05, 0) is 66.6 Å². The van der Waals surface area contributed by atoms with Gasteiger partial charge in [0, 0.05) is 25.9 Å². The van der Waals surface area contributed by atoms with E-state index in [2.05, 4.69) is 18.7 Å². The maximum Gasteiger partial charge on any atom is 0.335 e. The van der Waals surface area contributed by atoms with Crippen LogP contribution in [0.2, 0.25) is 0 Å². The lowest BCUT2D eigenvalue weighted by atomic mass is 9.93. The van der Waals surface area contributed by atoms with Crippen LogP contribution in [0.15, 0.2) is 91.6 Å². The Kier molecular flexibility index (Phi) is 10.9. The fourth-order valence-corrected chi connectivity index (χ4v) is 5.08. The van der Waals surface area contributed by atoms with Gasteiger partial charge in [-0.3, -0.25) is 4.79 Å². The summed E-state index contributed by atoms with van der Waals surface area (Å²) < 4.78 is 12.0. The number of allylic oxidation sites excluding steroid dienone is 5. The van der Waals surface area contributed by atoms with Crippen molar-refractivity contribution in [3.05, 3.63) is 108 Å². The Hall–Kier alpha value is -3.90. The molecule has 4 rings (SSSR count). The second-order valence-electron chi connectivity index (χ2n) is 10.3. The number of rotatable bonds is 12. The maximum atomic E-state index is 12.7. The SMILES string of the molecule is C=C/C=C(\C/C=C\COCc1ccc(OC2CCN(C(=O)C3C=CCCC3)CC2)cc1)c1ccc(C(=O)O)cc1. The summed E-state index contributed by atoms with van der Waals surface area (Å²) in [6.07, 6.45) is 17.6. The van der Waals surface area contributed by atoms with Crippen LogP contribution in [0.4, 0.5) is 0 Å². The van der Waals surface area contributed by atoms with Gasteiger partial charge < -0.3 is 19.5 Å². The highest BCUT2D eigenvalue weighted by Crippen LogP contribution is 2.24. The molecule has 1 N–H and O–H groups in total. The number of hydrogen-bond donors (Lipinski definition) is 1. The number of carboxylic acid groups (broad SMARTS) is 1. The van der Waals surface area contributed by atoms with Crippen LogP contribution in [0, 0.1) is 5.92 Å². The zero-order valence-corrected chi connectivity index (χ0v) is 23.0. The van der Waals surface area contributed by atoms with Crippen LogP contribution in [-0.4, -0.2) is 47.7 Å². The van der Waals surface area contributed by atoms with E-state index >= 15 is 0 Å². The predicted molar refractivity (Wildman–Crippen MR) is 158 cm³/mol. The molecule has 1 aliphatic carbocycles. The quantitative estimate of drug-likeness (QED) is 0.181.